The van der Waals surface area contributed by atoms with Gasteiger partial charge in [0.25, 0.3) is 5.91 Å². The number of aromatic nitrogens is 4. The van der Waals surface area contributed by atoms with Gasteiger partial charge in [-0.05, 0) is 54.1 Å². The van der Waals surface area contributed by atoms with Gasteiger partial charge < -0.3 is 10.6 Å². The number of thiophene rings is 1. The average molecular weight is 422 g/mol. The van der Waals surface area contributed by atoms with E-state index in [1.165, 1.54) is 17.4 Å². The zero-order valence-corrected chi connectivity index (χ0v) is 17.0. The molecule has 4 aromatic rings. The lowest BCUT2D eigenvalue weighted by Crippen LogP contribution is -2.27. The Bertz CT molecular complexity index is 1170. The van der Waals surface area contributed by atoms with E-state index >= 15 is 0 Å². The number of carbonyl (C=O) groups excluding carboxylic acids is 1. The van der Waals surface area contributed by atoms with Crippen molar-refractivity contribution in [3.63, 3.8) is 0 Å². The van der Waals surface area contributed by atoms with Gasteiger partial charge in [-0.2, -0.15) is 0 Å². The summed E-state index contributed by atoms with van der Waals surface area (Å²) in [6, 6.07) is 6.79. The second kappa shape index (κ2) is 8.91. The number of nitrogens with one attached hydrogen (secondary N) is 2. The first kappa shape index (κ1) is 19.8. The van der Waals surface area contributed by atoms with Crippen LogP contribution in [0.15, 0.2) is 54.4 Å². The number of hydrogen-bond donors (Lipinski definition) is 2. The fourth-order valence-electron chi connectivity index (χ4n) is 2.98. The van der Waals surface area contributed by atoms with Gasteiger partial charge in [-0.15, -0.1) is 11.3 Å². The molecule has 0 aliphatic heterocycles. The molecule has 0 aromatic carbocycles. The molecular formula is C21H19FN6OS. The molecular weight excluding hydrogens is 403 g/mol. The molecule has 0 fully saturated rings. The maximum Gasteiger partial charge on any atom is 0.271 e. The van der Waals surface area contributed by atoms with Crippen molar-refractivity contribution in [2.24, 2.45) is 0 Å². The molecule has 9 heteroatoms. The summed E-state index contributed by atoms with van der Waals surface area (Å²) in [4.78, 5) is 29.6. The first-order chi connectivity index (χ1) is 14.6. The highest BCUT2D eigenvalue weighted by Crippen LogP contribution is 2.25. The van der Waals surface area contributed by atoms with E-state index in [2.05, 4.69) is 30.6 Å². The SMILES string of the molecule is C[C@H](Nc1nc(C(=O)NCCc2ccncc2)c2sccc2n1)c1cncc(F)c1. The number of hydrogen-bond acceptors (Lipinski definition) is 7. The zero-order chi connectivity index (χ0) is 20.9. The van der Waals surface area contributed by atoms with Crippen molar-refractivity contribution in [2.45, 2.75) is 19.4 Å². The number of halogens is 1. The van der Waals surface area contributed by atoms with Gasteiger partial charge in [0.05, 0.1) is 22.5 Å². The summed E-state index contributed by atoms with van der Waals surface area (Å²) in [7, 11) is 0. The summed E-state index contributed by atoms with van der Waals surface area (Å²) >= 11 is 1.42. The van der Waals surface area contributed by atoms with Gasteiger partial charge in [-0.25, -0.2) is 14.4 Å². The van der Waals surface area contributed by atoms with Crippen LogP contribution in [0.2, 0.25) is 0 Å². The first-order valence-electron chi connectivity index (χ1n) is 9.39. The van der Waals surface area contributed by atoms with Gasteiger partial charge in [0.15, 0.2) is 5.69 Å². The van der Waals surface area contributed by atoms with Crippen molar-refractivity contribution in [2.75, 3.05) is 11.9 Å². The average Bonchev–Trinajstić information content (AvgIpc) is 3.22. The molecule has 0 radical (unpaired) electrons. The maximum absolute atomic E-state index is 13.5. The number of anilines is 1. The predicted octanol–water partition coefficient (Wildman–Crippen LogP) is 3.77. The normalized spacial score (nSPS) is 11.9. The quantitative estimate of drug-likeness (QED) is 0.471. The zero-order valence-electron chi connectivity index (χ0n) is 16.2. The van der Waals surface area contributed by atoms with Gasteiger partial charge in [0.1, 0.15) is 5.82 Å². The third-order valence-electron chi connectivity index (χ3n) is 4.54. The topological polar surface area (TPSA) is 92.7 Å². The molecule has 1 atom stereocenters. The van der Waals surface area contributed by atoms with E-state index < -0.39 is 5.82 Å². The highest BCUT2D eigenvalue weighted by molar-refractivity contribution is 7.17. The van der Waals surface area contributed by atoms with E-state index in [0.717, 1.165) is 16.5 Å². The molecule has 4 heterocycles. The predicted molar refractivity (Wildman–Crippen MR) is 114 cm³/mol. The van der Waals surface area contributed by atoms with Gasteiger partial charge in [0.2, 0.25) is 5.95 Å². The van der Waals surface area contributed by atoms with Crippen LogP contribution in [0.4, 0.5) is 10.3 Å². The molecule has 0 aliphatic rings. The number of amides is 1. The minimum Gasteiger partial charge on any atom is -0.350 e. The molecule has 1 amide bonds. The third kappa shape index (κ3) is 4.57. The van der Waals surface area contributed by atoms with Crippen LogP contribution in [0.5, 0.6) is 0 Å². The van der Waals surface area contributed by atoms with Crippen LogP contribution in [0.3, 0.4) is 0 Å². The molecule has 0 bridgehead atoms. The van der Waals surface area contributed by atoms with E-state index in [-0.39, 0.29) is 11.9 Å². The van der Waals surface area contributed by atoms with E-state index in [1.807, 2.05) is 30.5 Å². The largest absolute Gasteiger partial charge is 0.350 e. The molecule has 0 unspecified atom stereocenters. The van der Waals surface area contributed by atoms with Crippen LogP contribution in [0.1, 0.15) is 34.6 Å². The van der Waals surface area contributed by atoms with Crippen molar-refractivity contribution in [3.05, 3.63) is 77.1 Å². The highest BCUT2D eigenvalue weighted by Gasteiger charge is 2.17. The lowest BCUT2D eigenvalue weighted by atomic mass is 10.1. The van der Waals surface area contributed by atoms with E-state index in [1.54, 1.807) is 18.6 Å². The summed E-state index contributed by atoms with van der Waals surface area (Å²) in [5.41, 5.74) is 2.75. The third-order valence-corrected chi connectivity index (χ3v) is 5.45. The van der Waals surface area contributed by atoms with Crippen molar-refractivity contribution in [3.8, 4) is 0 Å². The van der Waals surface area contributed by atoms with E-state index in [4.69, 9.17) is 0 Å². The Morgan fingerprint density at radius 1 is 1.17 bits per heavy atom. The fourth-order valence-corrected chi connectivity index (χ4v) is 3.79. The Labute approximate surface area is 176 Å². The lowest BCUT2D eigenvalue weighted by Gasteiger charge is -2.15. The molecule has 0 saturated heterocycles. The first-order valence-corrected chi connectivity index (χ1v) is 10.3. The van der Waals surface area contributed by atoms with Crippen molar-refractivity contribution >= 4 is 33.4 Å². The molecule has 30 heavy (non-hydrogen) atoms. The molecule has 4 rings (SSSR count). The standard InChI is InChI=1S/C21H19FN6OS/c1-13(15-10-16(22)12-24-11-15)26-21-27-17-5-9-30-19(17)18(28-21)20(29)25-8-4-14-2-6-23-7-3-14/h2-3,5-7,9-13H,4,8H2,1H3,(H,25,29)(H,26,27,28)/t13-/m0/s1. The van der Waals surface area contributed by atoms with Gasteiger partial charge >= 0.3 is 0 Å². The maximum atomic E-state index is 13.5. The summed E-state index contributed by atoms with van der Waals surface area (Å²) in [5.74, 6) is -0.372. The smallest absolute Gasteiger partial charge is 0.271 e. The molecule has 0 spiro atoms. The number of fused-ring (bicyclic) bond motifs is 1. The fraction of sp³-hybridized carbons (Fsp3) is 0.190. The van der Waals surface area contributed by atoms with Crippen LogP contribution in [-0.4, -0.2) is 32.4 Å². The molecule has 152 valence electrons. The number of rotatable bonds is 7. The Hall–Kier alpha value is -3.46. The van der Waals surface area contributed by atoms with E-state index in [9.17, 15) is 9.18 Å². The molecule has 2 N–H and O–H groups in total. The van der Waals surface area contributed by atoms with Crippen LogP contribution in [-0.2, 0) is 6.42 Å². The summed E-state index contributed by atoms with van der Waals surface area (Å²) < 4.78 is 14.2. The Morgan fingerprint density at radius 2 is 2.00 bits per heavy atom. The minimum atomic E-state index is -0.412. The summed E-state index contributed by atoms with van der Waals surface area (Å²) in [6.45, 7) is 2.33. The van der Waals surface area contributed by atoms with Crippen LogP contribution in [0.25, 0.3) is 10.2 Å². The molecule has 0 saturated carbocycles. The Balaban J connectivity index is 1.51. The van der Waals surface area contributed by atoms with Crippen molar-refractivity contribution < 1.29 is 9.18 Å². The second-order valence-electron chi connectivity index (χ2n) is 6.69. The number of nitrogens with zero attached hydrogens (tertiary/aromatic N) is 4. The monoisotopic (exact) mass is 422 g/mol. The Morgan fingerprint density at radius 3 is 2.80 bits per heavy atom. The van der Waals surface area contributed by atoms with Gasteiger partial charge in [-0.1, -0.05) is 0 Å². The van der Waals surface area contributed by atoms with Crippen LogP contribution < -0.4 is 10.6 Å². The van der Waals surface area contributed by atoms with E-state index in [0.29, 0.717) is 35.7 Å². The number of carbonyl (C=O) groups is 1. The molecule has 0 aliphatic carbocycles. The van der Waals surface area contributed by atoms with Crippen LogP contribution in [0, 0.1) is 5.82 Å². The lowest BCUT2D eigenvalue weighted by molar-refractivity contribution is 0.0951. The molecule has 7 nitrogen and oxygen atoms in total. The van der Waals surface area contributed by atoms with Gasteiger partial charge in [-0.3, -0.25) is 14.8 Å². The van der Waals surface area contributed by atoms with Crippen molar-refractivity contribution in [1.29, 1.82) is 0 Å². The second-order valence-corrected chi connectivity index (χ2v) is 7.61. The van der Waals surface area contributed by atoms with Crippen LogP contribution >= 0.6 is 11.3 Å². The van der Waals surface area contributed by atoms with Crippen molar-refractivity contribution in [1.82, 2.24) is 25.3 Å². The van der Waals surface area contributed by atoms with Gasteiger partial charge in [0, 0.05) is 25.1 Å². The molecule has 4 aromatic heterocycles. The number of pyridine rings is 2. The highest BCUT2D eigenvalue weighted by atomic mass is 32.1. The Kier molecular flexibility index (Phi) is 5.89. The minimum absolute atomic E-state index is 0.262. The summed E-state index contributed by atoms with van der Waals surface area (Å²) in [5, 5.41) is 7.92. The summed E-state index contributed by atoms with van der Waals surface area (Å²) in [6.07, 6.45) is 6.88.